The Kier molecular flexibility index (Phi) is 6.26. The third kappa shape index (κ3) is 7.20. The Bertz CT molecular complexity index is 163. The molecule has 5 nitrogen and oxygen atoms in total. The summed E-state index contributed by atoms with van der Waals surface area (Å²) in [6, 6.07) is 0. The Morgan fingerprint density at radius 2 is 1.83 bits per heavy atom. The Balaban J connectivity index is 3.11. The fourth-order valence-electron chi connectivity index (χ4n) is 0.567. The SMILES string of the molecule is O=C(O)NCCCNC(=O)CS. The van der Waals surface area contributed by atoms with Crippen molar-refractivity contribution in [1.29, 1.82) is 0 Å². The van der Waals surface area contributed by atoms with Gasteiger partial charge in [-0.2, -0.15) is 12.6 Å². The van der Waals surface area contributed by atoms with Crippen LogP contribution in [0.1, 0.15) is 6.42 Å². The molecule has 0 unspecified atom stereocenters. The zero-order chi connectivity index (χ0) is 9.40. The molecule has 6 heteroatoms. The molecule has 0 aromatic rings. The second-order valence-electron chi connectivity index (χ2n) is 2.09. The maximum atomic E-state index is 10.6. The zero-order valence-electron chi connectivity index (χ0n) is 6.54. The molecule has 0 rings (SSSR count). The minimum atomic E-state index is -1.05. The van der Waals surface area contributed by atoms with Crippen LogP contribution in [0.4, 0.5) is 4.79 Å². The Labute approximate surface area is 75.9 Å². The lowest BCUT2D eigenvalue weighted by Gasteiger charge is -2.02. The normalized spacial score (nSPS) is 9.08. The van der Waals surface area contributed by atoms with Crippen LogP contribution in [0.5, 0.6) is 0 Å². The van der Waals surface area contributed by atoms with Crippen LogP contribution in [0, 0.1) is 0 Å². The van der Waals surface area contributed by atoms with Gasteiger partial charge in [0.25, 0.3) is 0 Å². The molecule has 70 valence electrons. The maximum absolute atomic E-state index is 10.6. The van der Waals surface area contributed by atoms with Crippen LogP contribution in [0.25, 0.3) is 0 Å². The predicted molar refractivity (Wildman–Crippen MR) is 47.5 cm³/mol. The number of nitrogens with one attached hydrogen (secondary N) is 2. The first kappa shape index (κ1) is 11.1. The number of carbonyl (C=O) groups is 2. The Morgan fingerprint density at radius 1 is 1.25 bits per heavy atom. The molecule has 2 amide bonds. The lowest BCUT2D eigenvalue weighted by molar-refractivity contribution is -0.118. The first-order chi connectivity index (χ1) is 5.66. The first-order valence-corrected chi connectivity index (χ1v) is 4.14. The molecule has 0 atom stereocenters. The Hall–Kier alpha value is -0.910. The molecule has 0 aromatic heterocycles. The van der Waals surface area contributed by atoms with Crippen molar-refractivity contribution in [3.8, 4) is 0 Å². The standard InChI is InChI=1S/C6H12N2O3S/c9-5(4-12)7-2-1-3-8-6(10)11/h8,12H,1-4H2,(H,7,9)(H,10,11). The molecule has 0 saturated carbocycles. The number of hydrogen-bond acceptors (Lipinski definition) is 3. The molecule has 0 aliphatic carbocycles. The first-order valence-electron chi connectivity index (χ1n) is 3.51. The largest absolute Gasteiger partial charge is 0.465 e. The van der Waals surface area contributed by atoms with Gasteiger partial charge in [0, 0.05) is 13.1 Å². The average Bonchev–Trinajstić information content (AvgIpc) is 2.03. The molecule has 0 bridgehead atoms. The molecular formula is C6H12N2O3S. The van der Waals surface area contributed by atoms with Crippen molar-refractivity contribution < 1.29 is 14.7 Å². The summed E-state index contributed by atoms with van der Waals surface area (Å²) in [5, 5.41) is 12.9. The van der Waals surface area contributed by atoms with Crippen LogP contribution in [0.15, 0.2) is 0 Å². The summed E-state index contributed by atoms with van der Waals surface area (Å²) in [5.41, 5.74) is 0. The van der Waals surface area contributed by atoms with Crippen LogP contribution in [-0.4, -0.2) is 35.9 Å². The molecule has 0 spiro atoms. The second kappa shape index (κ2) is 6.78. The molecule has 12 heavy (non-hydrogen) atoms. The van der Waals surface area contributed by atoms with E-state index < -0.39 is 6.09 Å². The van der Waals surface area contributed by atoms with Crippen LogP contribution in [0.2, 0.25) is 0 Å². The van der Waals surface area contributed by atoms with Crippen molar-refractivity contribution in [2.24, 2.45) is 0 Å². The number of thiol groups is 1. The fourth-order valence-corrected chi connectivity index (χ4v) is 0.679. The molecule has 0 aromatic carbocycles. The topological polar surface area (TPSA) is 78.4 Å². The number of carboxylic acid groups (broad SMARTS) is 1. The quantitative estimate of drug-likeness (QED) is 0.356. The summed E-state index contributed by atoms with van der Waals surface area (Å²) in [4.78, 5) is 20.5. The van der Waals surface area contributed by atoms with Crippen LogP contribution >= 0.6 is 12.6 Å². The van der Waals surface area contributed by atoms with Gasteiger partial charge in [0.05, 0.1) is 5.75 Å². The van der Waals surface area contributed by atoms with Gasteiger partial charge in [0.2, 0.25) is 5.91 Å². The van der Waals surface area contributed by atoms with E-state index in [1.54, 1.807) is 0 Å². The smallest absolute Gasteiger partial charge is 0.404 e. The van der Waals surface area contributed by atoms with Gasteiger partial charge < -0.3 is 15.7 Å². The summed E-state index contributed by atoms with van der Waals surface area (Å²) < 4.78 is 0. The predicted octanol–water partition coefficient (Wildman–Crippen LogP) is -0.310. The van der Waals surface area contributed by atoms with E-state index >= 15 is 0 Å². The van der Waals surface area contributed by atoms with E-state index in [2.05, 4.69) is 23.3 Å². The molecule has 0 saturated heterocycles. The maximum Gasteiger partial charge on any atom is 0.404 e. The molecule has 0 radical (unpaired) electrons. The minimum absolute atomic E-state index is 0.145. The van der Waals surface area contributed by atoms with Gasteiger partial charge in [-0.25, -0.2) is 4.79 Å². The monoisotopic (exact) mass is 192 g/mol. The number of hydrogen-bond donors (Lipinski definition) is 4. The van der Waals surface area contributed by atoms with E-state index in [9.17, 15) is 9.59 Å². The van der Waals surface area contributed by atoms with E-state index in [0.717, 1.165) is 0 Å². The molecule has 0 aliphatic heterocycles. The summed E-state index contributed by atoms with van der Waals surface area (Å²) in [6.45, 7) is 0.821. The molecule has 0 heterocycles. The van der Waals surface area contributed by atoms with Gasteiger partial charge in [-0.15, -0.1) is 0 Å². The van der Waals surface area contributed by atoms with Gasteiger partial charge in [-0.05, 0) is 6.42 Å². The third-order valence-corrected chi connectivity index (χ3v) is 1.38. The highest BCUT2D eigenvalue weighted by Crippen LogP contribution is 1.76. The highest BCUT2D eigenvalue weighted by atomic mass is 32.1. The summed E-state index contributed by atoms with van der Waals surface area (Å²) >= 11 is 3.75. The van der Waals surface area contributed by atoms with Crippen molar-refractivity contribution in [1.82, 2.24) is 10.6 Å². The van der Waals surface area contributed by atoms with E-state index in [4.69, 9.17) is 5.11 Å². The van der Waals surface area contributed by atoms with Crippen molar-refractivity contribution in [3.63, 3.8) is 0 Å². The van der Waals surface area contributed by atoms with Crippen LogP contribution in [0.3, 0.4) is 0 Å². The van der Waals surface area contributed by atoms with Gasteiger partial charge in [-0.1, -0.05) is 0 Å². The van der Waals surface area contributed by atoms with E-state index in [1.165, 1.54) is 0 Å². The van der Waals surface area contributed by atoms with Gasteiger partial charge in [-0.3, -0.25) is 4.79 Å². The van der Waals surface area contributed by atoms with Crippen molar-refractivity contribution in [3.05, 3.63) is 0 Å². The van der Waals surface area contributed by atoms with Crippen LogP contribution < -0.4 is 10.6 Å². The van der Waals surface area contributed by atoms with E-state index in [0.29, 0.717) is 19.5 Å². The van der Waals surface area contributed by atoms with Gasteiger partial charge in [0.15, 0.2) is 0 Å². The molecule has 0 aliphatic rings. The number of carbonyl (C=O) groups excluding carboxylic acids is 1. The summed E-state index contributed by atoms with van der Waals surface area (Å²) in [5.74, 6) is 0.0143. The van der Waals surface area contributed by atoms with E-state index in [-0.39, 0.29) is 11.7 Å². The molecule has 3 N–H and O–H groups in total. The highest BCUT2D eigenvalue weighted by Gasteiger charge is 1.96. The zero-order valence-corrected chi connectivity index (χ0v) is 7.43. The summed E-state index contributed by atoms with van der Waals surface area (Å²) in [6.07, 6.45) is -0.457. The molecule has 0 fully saturated rings. The Morgan fingerprint density at radius 3 is 2.33 bits per heavy atom. The van der Waals surface area contributed by atoms with Crippen molar-refractivity contribution >= 4 is 24.6 Å². The van der Waals surface area contributed by atoms with Crippen molar-refractivity contribution in [2.45, 2.75) is 6.42 Å². The average molecular weight is 192 g/mol. The lowest BCUT2D eigenvalue weighted by Crippen LogP contribution is -2.29. The van der Waals surface area contributed by atoms with Gasteiger partial charge in [0.1, 0.15) is 0 Å². The van der Waals surface area contributed by atoms with Gasteiger partial charge >= 0.3 is 6.09 Å². The third-order valence-electron chi connectivity index (χ3n) is 1.10. The van der Waals surface area contributed by atoms with E-state index in [1.807, 2.05) is 0 Å². The highest BCUT2D eigenvalue weighted by molar-refractivity contribution is 7.81. The summed E-state index contributed by atoms with van der Waals surface area (Å²) in [7, 11) is 0. The van der Waals surface area contributed by atoms with Crippen LogP contribution in [-0.2, 0) is 4.79 Å². The van der Waals surface area contributed by atoms with Crippen molar-refractivity contribution in [2.75, 3.05) is 18.8 Å². The number of amides is 2. The second-order valence-corrected chi connectivity index (χ2v) is 2.41. The molecular weight excluding hydrogens is 180 g/mol. The fraction of sp³-hybridized carbons (Fsp3) is 0.667. The minimum Gasteiger partial charge on any atom is -0.465 e. The number of rotatable bonds is 5. The lowest BCUT2D eigenvalue weighted by atomic mass is 10.4.